The summed E-state index contributed by atoms with van der Waals surface area (Å²) < 4.78 is 29.5. The smallest absolute Gasteiger partial charge is 0.227 e. The van der Waals surface area contributed by atoms with E-state index in [4.69, 9.17) is 9.97 Å². The van der Waals surface area contributed by atoms with Crippen molar-refractivity contribution < 1.29 is 13.9 Å². The van der Waals surface area contributed by atoms with Gasteiger partial charge in [0.1, 0.15) is 11.6 Å². The molecule has 0 saturated heterocycles. The molecular formula is C27H27F2N5O. The number of aromatic nitrogens is 4. The van der Waals surface area contributed by atoms with Crippen LogP contribution in [0.5, 0.6) is 0 Å². The van der Waals surface area contributed by atoms with Gasteiger partial charge in [-0.25, -0.2) is 23.7 Å². The second kappa shape index (κ2) is 9.19. The van der Waals surface area contributed by atoms with Crippen molar-refractivity contribution in [2.75, 3.05) is 5.32 Å². The van der Waals surface area contributed by atoms with Crippen molar-refractivity contribution in [2.45, 2.75) is 51.2 Å². The molecule has 1 aliphatic rings. The molecule has 0 bridgehead atoms. The minimum absolute atomic E-state index is 0.142. The summed E-state index contributed by atoms with van der Waals surface area (Å²) in [6, 6.07) is 12.7. The van der Waals surface area contributed by atoms with E-state index in [-0.39, 0.29) is 17.7 Å². The van der Waals surface area contributed by atoms with Crippen LogP contribution in [-0.2, 0) is 0 Å². The number of anilines is 2. The number of nitrogens with zero attached hydrogens (tertiary/aromatic N) is 4. The topological polar surface area (TPSA) is 75.9 Å². The number of imidazole rings is 1. The molecular weight excluding hydrogens is 448 g/mol. The van der Waals surface area contributed by atoms with Gasteiger partial charge in [0.2, 0.25) is 5.95 Å². The minimum atomic E-state index is -0.661. The van der Waals surface area contributed by atoms with Crippen molar-refractivity contribution in [3.8, 4) is 22.6 Å². The highest BCUT2D eigenvalue weighted by atomic mass is 19.1. The average molecular weight is 476 g/mol. The van der Waals surface area contributed by atoms with Crippen LogP contribution in [0.15, 0.2) is 61.1 Å². The fourth-order valence-electron chi connectivity index (χ4n) is 4.61. The van der Waals surface area contributed by atoms with Crippen molar-refractivity contribution in [1.29, 1.82) is 0 Å². The molecule has 2 aromatic heterocycles. The van der Waals surface area contributed by atoms with E-state index in [0.29, 0.717) is 35.9 Å². The van der Waals surface area contributed by atoms with Gasteiger partial charge < -0.3 is 15.0 Å². The Morgan fingerprint density at radius 1 is 1.00 bits per heavy atom. The van der Waals surface area contributed by atoms with Crippen molar-refractivity contribution >= 4 is 11.6 Å². The minimum Gasteiger partial charge on any atom is -0.390 e. The van der Waals surface area contributed by atoms with Crippen LogP contribution < -0.4 is 5.32 Å². The molecule has 0 unspecified atom stereocenters. The molecule has 1 fully saturated rings. The van der Waals surface area contributed by atoms with Gasteiger partial charge in [0.05, 0.1) is 29.0 Å². The molecule has 0 spiro atoms. The van der Waals surface area contributed by atoms with E-state index in [2.05, 4.69) is 14.9 Å². The molecule has 0 amide bonds. The van der Waals surface area contributed by atoms with Crippen LogP contribution in [-0.4, -0.2) is 30.2 Å². The molecule has 1 aliphatic carbocycles. The molecule has 0 radical (unpaired) electrons. The monoisotopic (exact) mass is 475 g/mol. The summed E-state index contributed by atoms with van der Waals surface area (Å²) >= 11 is 0. The number of hydrogen-bond donors (Lipinski definition) is 2. The first-order chi connectivity index (χ1) is 16.8. The highest BCUT2D eigenvalue weighted by molar-refractivity contribution is 5.77. The van der Waals surface area contributed by atoms with Crippen LogP contribution in [0.4, 0.5) is 20.4 Å². The number of halogens is 2. The zero-order chi connectivity index (χ0) is 24.6. The van der Waals surface area contributed by atoms with Crippen LogP contribution in [0.1, 0.15) is 44.2 Å². The number of rotatable bonds is 5. The summed E-state index contributed by atoms with van der Waals surface area (Å²) in [4.78, 5) is 13.8. The third-order valence-corrected chi connectivity index (χ3v) is 6.68. The van der Waals surface area contributed by atoms with Crippen molar-refractivity contribution in [2.24, 2.45) is 0 Å². The maximum Gasteiger partial charge on any atom is 0.227 e. The van der Waals surface area contributed by atoms with E-state index in [0.717, 1.165) is 29.7 Å². The summed E-state index contributed by atoms with van der Waals surface area (Å²) in [6.45, 7) is 3.75. The lowest BCUT2D eigenvalue weighted by Gasteiger charge is -2.34. The maximum absolute atomic E-state index is 13.8. The summed E-state index contributed by atoms with van der Waals surface area (Å²) in [5.41, 5.74) is 3.70. The average Bonchev–Trinajstić information content (AvgIpc) is 3.27. The van der Waals surface area contributed by atoms with Gasteiger partial charge >= 0.3 is 0 Å². The van der Waals surface area contributed by atoms with Crippen LogP contribution in [0.3, 0.4) is 0 Å². The quantitative estimate of drug-likeness (QED) is 0.359. The van der Waals surface area contributed by atoms with Gasteiger partial charge in [-0.1, -0.05) is 6.07 Å². The molecule has 4 aromatic rings. The largest absolute Gasteiger partial charge is 0.390 e. The Balaban J connectivity index is 1.57. The standard InChI is InChI=1S/C27H27F2N5O/c1-17-3-6-20(29)15-23(17)33-26-30-14-11-22(32-26)25-24(18-4-7-19(28)8-5-18)31-16-34(25)21-9-12-27(2,35)13-10-21/h3-8,11,14-16,21,35H,9-10,12-13H2,1-2H3,(H,30,32,33)/t21-,27+. The lowest BCUT2D eigenvalue weighted by molar-refractivity contribution is 0.0101. The molecule has 1 saturated carbocycles. The van der Waals surface area contributed by atoms with Gasteiger partial charge in [-0.15, -0.1) is 0 Å². The Bertz CT molecular complexity index is 1340. The van der Waals surface area contributed by atoms with Crippen LogP contribution in [0.25, 0.3) is 22.6 Å². The highest BCUT2D eigenvalue weighted by Gasteiger charge is 2.31. The van der Waals surface area contributed by atoms with E-state index >= 15 is 0 Å². The Hall–Kier alpha value is -3.65. The third-order valence-electron chi connectivity index (χ3n) is 6.68. The Morgan fingerprint density at radius 3 is 2.46 bits per heavy atom. The first kappa shape index (κ1) is 23.1. The number of hydrogen-bond acceptors (Lipinski definition) is 5. The van der Waals surface area contributed by atoms with Gasteiger partial charge in [-0.2, -0.15) is 0 Å². The second-order valence-electron chi connectivity index (χ2n) is 9.43. The molecule has 2 heterocycles. The lowest BCUT2D eigenvalue weighted by atomic mass is 9.83. The first-order valence-corrected chi connectivity index (χ1v) is 11.7. The zero-order valence-corrected chi connectivity index (χ0v) is 19.7. The van der Waals surface area contributed by atoms with E-state index in [9.17, 15) is 13.9 Å². The number of aryl methyl sites for hydroxylation is 1. The predicted molar refractivity (Wildman–Crippen MR) is 131 cm³/mol. The number of aliphatic hydroxyl groups is 1. The Labute approximate surface area is 202 Å². The molecule has 0 atom stereocenters. The fraction of sp³-hybridized carbons (Fsp3) is 0.296. The summed E-state index contributed by atoms with van der Waals surface area (Å²) in [5, 5.41) is 13.6. The summed E-state index contributed by atoms with van der Waals surface area (Å²) in [7, 11) is 0. The van der Waals surface area contributed by atoms with Gasteiger partial charge in [-0.05, 0) is 87.6 Å². The third kappa shape index (κ3) is 4.93. The van der Waals surface area contributed by atoms with Gasteiger partial charge in [0.15, 0.2) is 0 Å². The molecule has 2 aromatic carbocycles. The molecule has 5 rings (SSSR count). The highest BCUT2D eigenvalue weighted by Crippen LogP contribution is 2.40. The fourth-order valence-corrected chi connectivity index (χ4v) is 4.61. The SMILES string of the molecule is Cc1ccc(F)cc1Nc1nccc(-c2c(-c3ccc(F)cc3)ncn2[C@H]2CC[C@@](C)(O)CC2)n1. The van der Waals surface area contributed by atoms with Crippen molar-refractivity contribution in [3.05, 3.63) is 78.3 Å². The van der Waals surface area contributed by atoms with Crippen molar-refractivity contribution in [3.63, 3.8) is 0 Å². The molecule has 35 heavy (non-hydrogen) atoms. The second-order valence-corrected chi connectivity index (χ2v) is 9.43. The van der Waals surface area contributed by atoms with E-state index in [1.807, 2.05) is 19.9 Å². The van der Waals surface area contributed by atoms with E-state index in [1.54, 1.807) is 30.7 Å². The Morgan fingerprint density at radius 2 is 1.71 bits per heavy atom. The van der Waals surface area contributed by atoms with Crippen LogP contribution in [0.2, 0.25) is 0 Å². The number of benzene rings is 2. The molecule has 6 nitrogen and oxygen atoms in total. The maximum atomic E-state index is 13.8. The van der Waals surface area contributed by atoms with Crippen molar-refractivity contribution in [1.82, 2.24) is 19.5 Å². The number of nitrogens with one attached hydrogen (secondary N) is 1. The van der Waals surface area contributed by atoms with Gasteiger partial charge in [0, 0.05) is 23.5 Å². The summed E-state index contributed by atoms with van der Waals surface area (Å²) in [5.74, 6) is -0.331. The van der Waals surface area contributed by atoms with Gasteiger partial charge in [0.25, 0.3) is 0 Å². The van der Waals surface area contributed by atoms with Crippen LogP contribution >= 0.6 is 0 Å². The molecule has 0 aliphatic heterocycles. The normalized spacial score (nSPS) is 20.1. The van der Waals surface area contributed by atoms with Gasteiger partial charge in [-0.3, -0.25) is 0 Å². The molecule has 2 N–H and O–H groups in total. The van der Waals surface area contributed by atoms with E-state index in [1.165, 1.54) is 24.3 Å². The van der Waals surface area contributed by atoms with Crippen LogP contribution in [0, 0.1) is 18.6 Å². The zero-order valence-electron chi connectivity index (χ0n) is 19.7. The van der Waals surface area contributed by atoms with E-state index < -0.39 is 5.60 Å². The first-order valence-electron chi connectivity index (χ1n) is 11.7. The molecule has 8 heteroatoms. The predicted octanol–water partition coefficient (Wildman–Crippen LogP) is 6.20. The lowest BCUT2D eigenvalue weighted by Crippen LogP contribution is -2.31. The Kier molecular flexibility index (Phi) is 6.06. The summed E-state index contributed by atoms with van der Waals surface area (Å²) in [6.07, 6.45) is 6.43. The molecule has 180 valence electrons.